The van der Waals surface area contributed by atoms with Crippen LogP contribution in [0.1, 0.15) is 0 Å². The second-order valence-corrected chi connectivity index (χ2v) is 0. The molecule has 22 valence electrons. The summed E-state index contributed by atoms with van der Waals surface area (Å²) < 4.78 is 8.28. The SMILES string of the molecule is O=[SiH2].[AlH3].[BaH2]. The topological polar surface area (TPSA) is 17.1 Å². The Morgan fingerprint density at radius 3 is 1.25 bits per heavy atom. The van der Waals surface area contributed by atoms with Gasteiger partial charge in [0.15, 0.2) is 17.4 Å². The molecular formula is H7AlBaOSi. The summed E-state index contributed by atoms with van der Waals surface area (Å²) in [6.45, 7) is 0. The van der Waals surface area contributed by atoms with Crippen LogP contribution in [0, 0.1) is 0 Å². The number of hydrogen-bond donors (Lipinski definition) is 0. The molecule has 0 saturated carbocycles. The molecule has 0 aliphatic carbocycles. The molecule has 4 heavy (non-hydrogen) atoms. The molecule has 1 nitrogen and oxygen atoms in total. The molecule has 0 aromatic heterocycles. The molecule has 0 aromatic carbocycles. The fraction of sp³-hybridized carbons (Fsp3) is 0. The Hall–Kier alpha value is 2.12. The van der Waals surface area contributed by atoms with Crippen LogP contribution in [0.3, 0.4) is 0 Å². The summed E-state index contributed by atoms with van der Waals surface area (Å²) in [5.74, 6) is 0. The van der Waals surface area contributed by atoms with Gasteiger partial charge in [-0.15, -0.1) is 0 Å². The van der Waals surface area contributed by atoms with E-state index in [4.69, 9.17) is 4.46 Å². The fourth-order valence-corrected chi connectivity index (χ4v) is 0. The van der Waals surface area contributed by atoms with Crippen molar-refractivity contribution in [1.29, 1.82) is 0 Å². The van der Waals surface area contributed by atoms with Gasteiger partial charge in [-0.1, -0.05) is 0 Å². The molecule has 0 aromatic rings. The Balaban J connectivity index is -0.00000000500. The van der Waals surface area contributed by atoms with E-state index in [1.54, 1.807) is 0 Å². The molecule has 0 aliphatic rings. The zero-order chi connectivity index (χ0) is 2.00. The molecule has 0 radical (unpaired) electrons. The van der Waals surface area contributed by atoms with E-state index in [0.717, 1.165) is 0 Å². The van der Waals surface area contributed by atoms with Crippen molar-refractivity contribution >= 4 is 76.4 Å². The zero-order valence-electron chi connectivity index (χ0n) is 1.12. The summed E-state index contributed by atoms with van der Waals surface area (Å²) in [7, 11) is 0.611. The van der Waals surface area contributed by atoms with Crippen LogP contribution in [0.15, 0.2) is 0 Å². The average Bonchev–Trinajstić information content (AvgIpc) is 1.00. The Kier molecular flexibility index (Phi) is 79.7. The maximum atomic E-state index is 8.28. The number of rotatable bonds is 0. The minimum absolute atomic E-state index is 0. The molecule has 0 aliphatic heterocycles. The van der Waals surface area contributed by atoms with E-state index < -0.39 is 0 Å². The third-order valence-corrected chi connectivity index (χ3v) is 0. The van der Waals surface area contributed by atoms with Crippen LogP contribution in [0.5, 0.6) is 0 Å². The van der Waals surface area contributed by atoms with Crippen LogP contribution in [0.4, 0.5) is 0 Å². The van der Waals surface area contributed by atoms with Crippen LogP contribution in [-0.2, 0) is 4.46 Å². The summed E-state index contributed by atoms with van der Waals surface area (Å²) in [5.41, 5.74) is 0. The van der Waals surface area contributed by atoms with Gasteiger partial charge in [0.2, 0.25) is 10.1 Å². The monoisotopic (exact) mass is 216 g/mol. The van der Waals surface area contributed by atoms with Gasteiger partial charge in [0.25, 0.3) is 0 Å². The first-order chi connectivity index (χ1) is 1.00. The Morgan fingerprint density at radius 2 is 1.25 bits per heavy atom. The molecule has 0 unspecified atom stereocenters. The van der Waals surface area contributed by atoms with Gasteiger partial charge < -0.3 is 4.46 Å². The van der Waals surface area contributed by atoms with E-state index in [2.05, 4.69) is 0 Å². The molecule has 4 heteroatoms. The summed E-state index contributed by atoms with van der Waals surface area (Å²) in [6, 6.07) is 0. The zero-order valence-corrected chi connectivity index (χ0v) is 2.53. The van der Waals surface area contributed by atoms with Crippen LogP contribution in [0.25, 0.3) is 0 Å². The molecule has 0 N–H and O–H groups in total. The van der Waals surface area contributed by atoms with Gasteiger partial charge in [0.05, 0.1) is 0 Å². The summed E-state index contributed by atoms with van der Waals surface area (Å²) in [5, 5.41) is 0. The molecule has 0 rings (SSSR count). The van der Waals surface area contributed by atoms with E-state index in [9.17, 15) is 0 Å². The normalized spacial score (nSPS) is 1.00. The summed E-state index contributed by atoms with van der Waals surface area (Å²) in [6.07, 6.45) is 0. The van der Waals surface area contributed by atoms with E-state index in [-0.39, 0.29) is 66.2 Å². The summed E-state index contributed by atoms with van der Waals surface area (Å²) in [4.78, 5) is 0. The number of hydrogen-bond acceptors (Lipinski definition) is 1. The third kappa shape index (κ3) is 8.92. The van der Waals surface area contributed by atoms with Gasteiger partial charge >= 0.3 is 48.9 Å². The van der Waals surface area contributed by atoms with Crippen molar-refractivity contribution in [3.05, 3.63) is 0 Å². The summed E-state index contributed by atoms with van der Waals surface area (Å²) >= 11 is 0. The molecule has 0 saturated heterocycles. The van der Waals surface area contributed by atoms with Gasteiger partial charge in [0.1, 0.15) is 0 Å². The van der Waals surface area contributed by atoms with Crippen molar-refractivity contribution in [2.75, 3.05) is 0 Å². The van der Waals surface area contributed by atoms with E-state index in [1.807, 2.05) is 0 Å². The maximum absolute atomic E-state index is 8.28. The Morgan fingerprint density at radius 1 is 1.25 bits per heavy atom. The molecular weight excluding hydrogens is 208 g/mol. The van der Waals surface area contributed by atoms with Crippen LogP contribution in [0.2, 0.25) is 0 Å². The molecule has 0 heterocycles. The second kappa shape index (κ2) is 19.3. The van der Waals surface area contributed by atoms with Crippen molar-refractivity contribution in [2.45, 2.75) is 0 Å². The van der Waals surface area contributed by atoms with E-state index in [0.29, 0.717) is 10.1 Å². The average molecular weight is 215 g/mol. The standard InChI is InChI=1S/Al.Ba.H2OSi.5H/c;;1-2;;;;;/h;;2H2;;;;;. The molecule has 0 fully saturated rings. The van der Waals surface area contributed by atoms with Gasteiger partial charge in [0, 0.05) is 0 Å². The molecule has 0 spiro atoms. The Bertz CT molecular complexity index is 8.00. The van der Waals surface area contributed by atoms with Gasteiger partial charge in [-0.25, -0.2) is 0 Å². The van der Waals surface area contributed by atoms with Gasteiger partial charge in [-0.05, 0) is 0 Å². The van der Waals surface area contributed by atoms with Gasteiger partial charge in [-0.2, -0.15) is 0 Å². The Labute approximate surface area is 79.2 Å². The van der Waals surface area contributed by atoms with Crippen molar-refractivity contribution in [3.8, 4) is 0 Å². The van der Waals surface area contributed by atoms with Crippen molar-refractivity contribution < 1.29 is 4.46 Å². The predicted molar refractivity (Wildman–Crippen MR) is 27.7 cm³/mol. The van der Waals surface area contributed by atoms with Crippen LogP contribution < -0.4 is 0 Å². The first-order valence-electron chi connectivity index (χ1n) is 0.289. The van der Waals surface area contributed by atoms with E-state index in [1.165, 1.54) is 0 Å². The van der Waals surface area contributed by atoms with Crippen molar-refractivity contribution in [1.82, 2.24) is 0 Å². The van der Waals surface area contributed by atoms with Crippen LogP contribution >= 0.6 is 0 Å². The molecule has 0 atom stereocenters. The van der Waals surface area contributed by atoms with Crippen molar-refractivity contribution in [2.24, 2.45) is 0 Å². The van der Waals surface area contributed by atoms with E-state index >= 15 is 0 Å². The predicted octanol–water partition coefficient (Wildman–Crippen LogP) is -3.14. The fourth-order valence-electron chi connectivity index (χ4n) is 0. The third-order valence-electron chi connectivity index (χ3n) is 0. The van der Waals surface area contributed by atoms with Crippen LogP contribution in [-0.4, -0.2) is 76.4 Å². The first-order valence-corrected chi connectivity index (χ1v) is 0.866. The van der Waals surface area contributed by atoms with Gasteiger partial charge in [-0.3, -0.25) is 0 Å². The first kappa shape index (κ1) is 16.5. The molecule has 0 bridgehead atoms. The molecule has 0 amide bonds. The van der Waals surface area contributed by atoms with Crippen molar-refractivity contribution in [3.63, 3.8) is 0 Å². The quantitative estimate of drug-likeness (QED) is 0.391. The second-order valence-electron chi connectivity index (χ2n) is 0. The minimum atomic E-state index is 0.